The molecule has 3 aromatic rings. The fourth-order valence-corrected chi connectivity index (χ4v) is 5.61. The molecule has 0 bridgehead atoms. The Hall–Kier alpha value is -5.14. The third-order valence-corrected chi connectivity index (χ3v) is 7.67. The predicted octanol–water partition coefficient (Wildman–Crippen LogP) is 4.21. The van der Waals surface area contributed by atoms with E-state index in [-0.39, 0.29) is 6.54 Å². The molecule has 1 saturated heterocycles. The van der Waals surface area contributed by atoms with E-state index in [2.05, 4.69) is 27.5 Å². The first-order chi connectivity index (χ1) is 20.7. The lowest BCUT2D eigenvalue weighted by Gasteiger charge is -2.45. The molecular formula is C29H32N8O6. The molecule has 0 aliphatic carbocycles. The molecule has 43 heavy (non-hydrogen) atoms. The van der Waals surface area contributed by atoms with Gasteiger partial charge >= 0.3 is 18.2 Å². The SMILES string of the molecule is CCCCCC1=NC2(C)C(C(=O)N(C(=O)OC)C(=O)N2C(=O)OC)N1Cc1ccc(-c2ccccc2-c2nnn[nH]2)cc1. The normalized spacial score (nSPS) is 19.8. The highest BCUT2D eigenvalue weighted by Crippen LogP contribution is 2.40. The number of rotatable bonds is 8. The van der Waals surface area contributed by atoms with Crippen LogP contribution < -0.4 is 0 Å². The number of aromatic amines is 1. The number of tetrazole rings is 1. The number of imide groups is 4. The minimum Gasteiger partial charge on any atom is -0.452 e. The van der Waals surface area contributed by atoms with E-state index < -0.39 is 35.8 Å². The smallest absolute Gasteiger partial charge is 0.424 e. The maximum absolute atomic E-state index is 13.8. The quantitative estimate of drug-likeness (QED) is 0.377. The highest BCUT2D eigenvalue weighted by atomic mass is 16.6. The van der Waals surface area contributed by atoms with E-state index in [1.54, 1.807) is 4.90 Å². The Bertz CT molecular complexity index is 1560. The summed E-state index contributed by atoms with van der Waals surface area (Å²) in [6.07, 6.45) is 0.929. The van der Waals surface area contributed by atoms with Gasteiger partial charge in [0, 0.05) is 18.5 Å². The maximum Gasteiger partial charge on any atom is 0.424 e. The molecule has 0 saturated carbocycles. The van der Waals surface area contributed by atoms with E-state index in [0.717, 1.165) is 55.7 Å². The number of carbonyl (C=O) groups is 4. The van der Waals surface area contributed by atoms with Crippen LogP contribution in [0.25, 0.3) is 22.5 Å². The molecule has 2 atom stereocenters. The summed E-state index contributed by atoms with van der Waals surface area (Å²) in [6, 6.07) is 13.1. The maximum atomic E-state index is 13.8. The monoisotopic (exact) mass is 588 g/mol. The number of hydrogen-bond acceptors (Lipinski definition) is 11. The van der Waals surface area contributed by atoms with Crippen LogP contribution >= 0.6 is 0 Å². The average molecular weight is 589 g/mol. The van der Waals surface area contributed by atoms with Crippen molar-refractivity contribution < 1.29 is 28.7 Å². The Morgan fingerprint density at radius 2 is 1.67 bits per heavy atom. The summed E-state index contributed by atoms with van der Waals surface area (Å²) >= 11 is 0. The molecule has 2 aliphatic rings. The Balaban J connectivity index is 1.51. The summed E-state index contributed by atoms with van der Waals surface area (Å²) in [6.45, 7) is 3.82. The van der Waals surface area contributed by atoms with Gasteiger partial charge in [0.15, 0.2) is 17.5 Å². The first-order valence-electron chi connectivity index (χ1n) is 13.9. The van der Waals surface area contributed by atoms with Crippen LogP contribution in [-0.4, -0.2) is 91.2 Å². The Morgan fingerprint density at radius 3 is 2.30 bits per heavy atom. The zero-order chi connectivity index (χ0) is 30.7. The first-order valence-corrected chi connectivity index (χ1v) is 13.9. The second kappa shape index (κ2) is 12.0. The van der Waals surface area contributed by atoms with Gasteiger partial charge in [-0.15, -0.1) is 5.10 Å². The number of nitrogens with one attached hydrogen (secondary N) is 1. The molecule has 0 radical (unpaired) electrons. The summed E-state index contributed by atoms with van der Waals surface area (Å²) in [5.41, 5.74) is 1.88. The van der Waals surface area contributed by atoms with Gasteiger partial charge in [0.1, 0.15) is 5.84 Å². The van der Waals surface area contributed by atoms with Crippen molar-refractivity contribution in [2.24, 2.45) is 4.99 Å². The number of ether oxygens (including phenoxy) is 2. The summed E-state index contributed by atoms with van der Waals surface area (Å²) < 4.78 is 9.60. The third-order valence-electron chi connectivity index (χ3n) is 7.67. The van der Waals surface area contributed by atoms with Gasteiger partial charge in [-0.1, -0.05) is 68.3 Å². The lowest BCUT2D eigenvalue weighted by atomic mass is 9.95. The van der Waals surface area contributed by atoms with Gasteiger partial charge in [0.05, 0.1) is 14.2 Å². The van der Waals surface area contributed by atoms with Crippen LogP contribution in [0, 0.1) is 0 Å². The molecule has 1 aromatic heterocycles. The van der Waals surface area contributed by atoms with Crippen molar-refractivity contribution in [3.63, 3.8) is 0 Å². The van der Waals surface area contributed by atoms with Crippen molar-refractivity contribution >= 4 is 30.0 Å². The molecule has 0 spiro atoms. The zero-order valence-corrected chi connectivity index (χ0v) is 24.3. The minimum absolute atomic E-state index is 0.225. The summed E-state index contributed by atoms with van der Waals surface area (Å²) in [5.74, 6) is 0.259. The van der Waals surface area contributed by atoms with E-state index in [1.165, 1.54) is 6.92 Å². The van der Waals surface area contributed by atoms with Crippen molar-refractivity contribution in [3.8, 4) is 22.5 Å². The van der Waals surface area contributed by atoms with Gasteiger partial charge in [-0.05, 0) is 40.5 Å². The van der Waals surface area contributed by atoms with Crippen LogP contribution in [0.4, 0.5) is 14.4 Å². The van der Waals surface area contributed by atoms with E-state index >= 15 is 0 Å². The lowest BCUT2D eigenvalue weighted by Crippen LogP contribution is -2.73. The highest BCUT2D eigenvalue weighted by Gasteiger charge is 2.64. The molecule has 14 nitrogen and oxygen atoms in total. The molecule has 5 rings (SSSR count). The Labute approximate surface area is 247 Å². The van der Waals surface area contributed by atoms with E-state index in [0.29, 0.717) is 27.9 Å². The van der Waals surface area contributed by atoms with Crippen LogP contribution in [0.5, 0.6) is 0 Å². The number of H-pyrrole nitrogens is 1. The van der Waals surface area contributed by atoms with Gasteiger partial charge in [0.25, 0.3) is 5.91 Å². The zero-order valence-electron chi connectivity index (χ0n) is 24.3. The van der Waals surface area contributed by atoms with E-state index in [1.807, 2.05) is 48.5 Å². The Morgan fingerprint density at radius 1 is 0.977 bits per heavy atom. The largest absolute Gasteiger partial charge is 0.452 e. The van der Waals surface area contributed by atoms with Gasteiger partial charge in [-0.2, -0.15) is 9.80 Å². The molecule has 2 aromatic carbocycles. The van der Waals surface area contributed by atoms with E-state index in [9.17, 15) is 19.2 Å². The van der Waals surface area contributed by atoms with Crippen molar-refractivity contribution in [2.45, 2.75) is 57.8 Å². The summed E-state index contributed by atoms with van der Waals surface area (Å²) in [5, 5.41) is 14.2. The molecule has 3 heterocycles. The standard InChI is InChI=1S/C29H32N8O6/c1-5-6-7-12-22-30-29(2)23(25(38)36(27(40)42-3)26(39)37(29)28(41)43-4)35(22)17-18-13-15-19(16-14-18)20-10-8-9-11-21(20)24-31-33-34-32-24/h8-11,13-16,23H,5-7,12,17H2,1-4H3,(H,31,32,33,34). The first kappa shape index (κ1) is 29.4. The number of nitrogens with zero attached hydrogens (tertiary/aromatic N) is 7. The Kier molecular flexibility index (Phi) is 8.19. The van der Waals surface area contributed by atoms with E-state index in [4.69, 9.17) is 14.5 Å². The highest BCUT2D eigenvalue weighted by molar-refractivity contribution is 6.17. The van der Waals surface area contributed by atoms with Crippen LogP contribution in [0.15, 0.2) is 53.5 Å². The topological polar surface area (TPSA) is 163 Å². The van der Waals surface area contributed by atoms with Crippen molar-refractivity contribution in [1.29, 1.82) is 0 Å². The molecule has 5 amide bonds. The van der Waals surface area contributed by atoms with Crippen LogP contribution in [-0.2, 0) is 20.8 Å². The minimum atomic E-state index is -1.64. The number of amidine groups is 1. The van der Waals surface area contributed by atoms with Gasteiger partial charge < -0.3 is 14.4 Å². The van der Waals surface area contributed by atoms with Crippen LogP contribution in [0.3, 0.4) is 0 Å². The number of benzene rings is 2. The van der Waals surface area contributed by atoms with Crippen molar-refractivity contribution in [2.75, 3.05) is 14.2 Å². The number of urea groups is 1. The molecule has 1 fully saturated rings. The van der Waals surface area contributed by atoms with Gasteiger partial charge in [-0.25, -0.2) is 24.5 Å². The van der Waals surface area contributed by atoms with Crippen molar-refractivity contribution in [3.05, 3.63) is 54.1 Å². The fourth-order valence-electron chi connectivity index (χ4n) is 5.61. The number of hydrogen-bond donors (Lipinski definition) is 1. The molecule has 1 N–H and O–H groups in total. The number of aliphatic imine (C=N–C) groups is 1. The number of unbranched alkanes of at least 4 members (excludes halogenated alkanes) is 2. The molecular weight excluding hydrogens is 556 g/mol. The average Bonchev–Trinajstić information content (AvgIpc) is 3.64. The second-order valence-corrected chi connectivity index (χ2v) is 10.3. The lowest BCUT2D eigenvalue weighted by molar-refractivity contribution is -0.138. The third kappa shape index (κ3) is 5.19. The number of carbonyl (C=O) groups excluding carboxylic acids is 4. The second-order valence-electron chi connectivity index (χ2n) is 10.3. The fraction of sp³-hybridized carbons (Fsp3) is 0.379. The van der Waals surface area contributed by atoms with Gasteiger partial charge in [0.2, 0.25) is 0 Å². The number of fused-ring (bicyclic) bond motifs is 1. The van der Waals surface area contributed by atoms with Crippen LogP contribution in [0.1, 0.15) is 45.1 Å². The van der Waals surface area contributed by atoms with Gasteiger partial charge in [-0.3, -0.25) is 4.79 Å². The summed E-state index contributed by atoms with van der Waals surface area (Å²) in [4.78, 5) is 60.3. The molecule has 224 valence electrons. The summed E-state index contributed by atoms with van der Waals surface area (Å²) in [7, 11) is 2.17. The molecule has 2 unspecified atom stereocenters. The molecule has 2 aliphatic heterocycles. The van der Waals surface area contributed by atoms with Crippen LogP contribution in [0.2, 0.25) is 0 Å². The number of aromatic nitrogens is 4. The number of methoxy groups -OCH3 is 2. The molecule has 14 heteroatoms. The number of amides is 5. The van der Waals surface area contributed by atoms with Crippen molar-refractivity contribution in [1.82, 2.24) is 35.3 Å². The predicted molar refractivity (Wildman–Crippen MR) is 153 cm³/mol.